The van der Waals surface area contributed by atoms with Crippen molar-refractivity contribution in [2.24, 2.45) is 0 Å². The van der Waals surface area contributed by atoms with Crippen LogP contribution in [0, 0.1) is 24.2 Å². The van der Waals surface area contributed by atoms with Crippen molar-refractivity contribution in [3.05, 3.63) is 18.0 Å². The second-order valence-electron chi connectivity index (χ2n) is 4.16. The van der Waals surface area contributed by atoms with Crippen LogP contribution in [-0.2, 0) is 14.6 Å². The quantitative estimate of drug-likeness (QED) is 0.475. The van der Waals surface area contributed by atoms with Gasteiger partial charge in [-0.15, -0.1) is 6.42 Å². The number of terminal acetylenes is 1. The molecule has 0 bridgehead atoms. The first-order chi connectivity index (χ1) is 9.93. The topological polar surface area (TPSA) is 89.0 Å². The van der Waals surface area contributed by atoms with Crippen molar-refractivity contribution in [1.29, 1.82) is 0 Å². The van der Waals surface area contributed by atoms with Crippen LogP contribution in [0.15, 0.2) is 17.6 Å². The van der Waals surface area contributed by atoms with E-state index in [0.717, 1.165) is 6.26 Å². The Morgan fingerprint density at radius 3 is 2.62 bits per heavy atom. The highest BCUT2D eigenvalue weighted by atomic mass is 32.2. The van der Waals surface area contributed by atoms with Crippen molar-refractivity contribution in [2.75, 3.05) is 12.8 Å². The molecule has 0 aromatic carbocycles. The SMILES string of the molecule is C#CCNC(=O)CCCC#Cc1cnc(S(C)(=O)=O)nc1. The molecule has 7 heteroatoms. The van der Waals surface area contributed by atoms with Gasteiger partial charge in [-0.1, -0.05) is 17.8 Å². The van der Waals surface area contributed by atoms with Crippen molar-refractivity contribution in [1.82, 2.24) is 15.3 Å². The summed E-state index contributed by atoms with van der Waals surface area (Å²) in [5.74, 6) is 7.90. The second kappa shape index (κ2) is 8.03. The molecule has 0 saturated heterocycles. The number of sulfone groups is 1. The lowest BCUT2D eigenvalue weighted by Gasteiger charge is -1.98. The van der Waals surface area contributed by atoms with Crippen LogP contribution in [0.1, 0.15) is 24.8 Å². The van der Waals surface area contributed by atoms with Gasteiger partial charge in [0, 0.05) is 31.5 Å². The Labute approximate surface area is 124 Å². The van der Waals surface area contributed by atoms with E-state index in [1.807, 2.05) is 0 Å². The zero-order chi connectivity index (χ0) is 15.7. The molecule has 1 heterocycles. The smallest absolute Gasteiger partial charge is 0.246 e. The molecule has 0 aliphatic heterocycles. The largest absolute Gasteiger partial charge is 0.345 e. The third-order valence-electron chi connectivity index (χ3n) is 2.29. The Morgan fingerprint density at radius 1 is 1.38 bits per heavy atom. The molecular formula is C14H15N3O3S. The second-order valence-corrected chi connectivity index (χ2v) is 6.07. The summed E-state index contributed by atoms with van der Waals surface area (Å²) in [4.78, 5) is 18.7. The number of carbonyl (C=O) groups excluding carboxylic acids is 1. The maximum atomic E-state index is 11.2. The third-order valence-corrected chi connectivity index (χ3v) is 3.16. The predicted molar refractivity (Wildman–Crippen MR) is 77.7 cm³/mol. The van der Waals surface area contributed by atoms with Gasteiger partial charge in [0.1, 0.15) is 0 Å². The maximum absolute atomic E-state index is 11.2. The molecule has 1 rings (SSSR count). The number of carbonyl (C=O) groups is 1. The van der Waals surface area contributed by atoms with E-state index in [1.54, 1.807) is 0 Å². The van der Waals surface area contributed by atoms with Crippen LogP contribution in [-0.4, -0.2) is 37.1 Å². The van der Waals surface area contributed by atoms with E-state index in [0.29, 0.717) is 24.8 Å². The lowest BCUT2D eigenvalue weighted by molar-refractivity contribution is -0.120. The van der Waals surface area contributed by atoms with Crippen molar-refractivity contribution in [3.8, 4) is 24.2 Å². The first kappa shape index (κ1) is 16.7. The minimum atomic E-state index is -3.39. The average Bonchev–Trinajstić information content (AvgIpc) is 2.44. The van der Waals surface area contributed by atoms with Gasteiger partial charge >= 0.3 is 0 Å². The lowest BCUT2D eigenvalue weighted by atomic mass is 10.2. The number of hydrogen-bond acceptors (Lipinski definition) is 5. The minimum Gasteiger partial charge on any atom is -0.345 e. The van der Waals surface area contributed by atoms with E-state index in [1.165, 1.54) is 12.4 Å². The van der Waals surface area contributed by atoms with Gasteiger partial charge < -0.3 is 5.32 Å². The van der Waals surface area contributed by atoms with E-state index < -0.39 is 9.84 Å². The highest BCUT2D eigenvalue weighted by Gasteiger charge is 2.09. The minimum absolute atomic E-state index is 0.101. The van der Waals surface area contributed by atoms with Crippen molar-refractivity contribution >= 4 is 15.7 Å². The highest BCUT2D eigenvalue weighted by Crippen LogP contribution is 2.01. The summed E-state index contributed by atoms with van der Waals surface area (Å²) in [5.41, 5.74) is 0.527. The van der Waals surface area contributed by atoms with E-state index in [-0.39, 0.29) is 17.6 Å². The fraction of sp³-hybridized carbons (Fsp3) is 0.357. The Balaban J connectivity index is 2.42. The Kier molecular flexibility index (Phi) is 6.38. The lowest BCUT2D eigenvalue weighted by Crippen LogP contribution is -2.22. The summed E-state index contributed by atoms with van der Waals surface area (Å²) in [6, 6.07) is 0. The molecule has 21 heavy (non-hydrogen) atoms. The Hall–Kier alpha value is -2.38. The van der Waals surface area contributed by atoms with Gasteiger partial charge in [0.15, 0.2) is 0 Å². The van der Waals surface area contributed by atoms with Crippen LogP contribution in [0.25, 0.3) is 0 Å². The van der Waals surface area contributed by atoms with Gasteiger partial charge in [0.2, 0.25) is 20.9 Å². The molecule has 1 N–H and O–H groups in total. The fourth-order valence-electron chi connectivity index (χ4n) is 1.31. The zero-order valence-electron chi connectivity index (χ0n) is 11.6. The zero-order valence-corrected chi connectivity index (χ0v) is 12.4. The van der Waals surface area contributed by atoms with E-state index in [9.17, 15) is 13.2 Å². The van der Waals surface area contributed by atoms with Crippen LogP contribution >= 0.6 is 0 Å². The summed E-state index contributed by atoms with van der Waals surface area (Å²) in [6.07, 6.45) is 10.3. The monoisotopic (exact) mass is 305 g/mol. The van der Waals surface area contributed by atoms with Gasteiger partial charge in [-0.25, -0.2) is 18.4 Å². The molecule has 0 aliphatic rings. The van der Waals surface area contributed by atoms with Crippen molar-refractivity contribution in [2.45, 2.75) is 24.4 Å². The molecule has 0 fully saturated rings. The van der Waals surface area contributed by atoms with Crippen LogP contribution in [0.4, 0.5) is 0 Å². The molecule has 1 aromatic heterocycles. The summed E-state index contributed by atoms with van der Waals surface area (Å²) in [6.45, 7) is 0.231. The first-order valence-corrected chi connectivity index (χ1v) is 8.04. The van der Waals surface area contributed by atoms with Gasteiger partial charge in [-0.2, -0.15) is 0 Å². The number of rotatable bonds is 5. The van der Waals surface area contributed by atoms with Gasteiger partial charge in [-0.05, 0) is 6.42 Å². The number of aromatic nitrogens is 2. The van der Waals surface area contributed by atoms with Crippen LogP contribution in [0.3, 0.4) is 0 Å². The summed E-state index contributed by atoms with van der Waals surface area (Å²) in [7, 11) is -3.39. The molecule has 6 nitrogen and oxygen atoms in total. The molecule has 0 unspecified atom stereocenters. The van der Waals surface area contributed by atoms with Crippen molar-refractivity contribution in [3.63, 3.8) is 0 Å². The van der Waals surface area contributed by atoms with E-state index >= 15 is 0 Å². The van der Waals surface area contributed by atoms with Gasteiger partial charge in [0.05, 0.1) is 12.1 Å². The summed E-state index contributed by atoms with van der Waals surface area (Å²) in [5, 5.41) is 2.34. The van der Waals surface area contributed by atoms with Gasteiger partial charge in [0.25, 0.3) is 0 Å². The predicted octanol–water partition coefficient (Wildman–Crippen LogP) is 0.151. The maximum Gasteiger partial charge on any atom is 0.246 e. The summed E-state index contributed by atoms with van der Waals surface area (Å²) >= 11 is 0. The standard InChI is InChI=1S/C14H15N3O3S/c1-3-9-15-13(18)8-6-4-5-7-12-10-16-14(17-11-12)21(2,19)20/h1,10-11H,4,6,8-9H2,2H3,(H,15,18). The number of hydrogen-bond donors (Lipinski definition) is 1. The molecular weight excluding hydrogens is 290 g/mol. The summed E-state index contributed by atoms with van der Waals surface area (Å²) < 4.78 is 22.3. The number of nitrogens with one attached hydrogen (secondary N) is 1. The Morgan fingerprint density at radius 2 is 2.05 bits per heavy atom. The van der Waals surface area contributed by atoms with Gasteiger partial charge in [-0.3, -0.25) is 4.79 Å². The first-order valence-electron chi connectivity index (χ1n) is 6.14. The molecule has 0 spiro atoms. The molecule has 110 valence electrons. The molecule has 0 saturated carbocycles. The molecule has 0 radical (unpaired) electrons. The van der Waals surface area contributed by atoms with Crippen LogP contribution in [0.5, 0.6) is 0 Å². The molecule has 1 amide bonds. The van der Waals surface area contributed by atoms with Crippen LogP contribution < -0.4 is 5.32 Å². The highest BCUT2D eigenvalue weighted by molar-refractivity contribution is 7.90. The van der Waals surface area contributed by atoms with Crippen molar-refractivity contribution < 1.29 is 13.2 Å². The third kappa shape index (κ3) is 6.55. The number of amides is 1. The fourth-order valence-corrected chi connectivity index (χ4v) is 1.80. The molecule has 1 aromatic rings. The number of unbranched alkanes of at least 4 members (excludes halogenated alkanes) is 1. The Bertz CT molecular complexity index is 692. The number of nitrogens with zero attached hydrogens (tertiary/aromatic N) is 2. The van der Waals surface area contributed by atoms with Crippen LogP contribution in [0.2, 0.25) is 0 Å². The van der Waals surface area contributed by atoms with E-state index in [4.69, 9.17) is 6.42 Å². The van der Waals surface area contributed by atoms with E-state index in [2.05, 4.69) is 33.0 Å². The molecule has 0 aliphatic carbocycles. The normalized spacial score (nSPS) is 10.1. The molecule has 0 atom stereocenters. The average molecular weight is 305 g/mol.